The predicted octanol–water partition coefficient (Wildman–Crippen LogP) is 2.24. The summed E-state index contributed by atoms with van der Waals surface area (Å²) in [6.07, 6.45) is 0.889. The molecule has 1 rings (SSSR count). The van der Waals surface area contributed by atoms with Gasteiger partial charge in [-0.2, -0.15) is 4.98 Å². The Bertz CT molecular complexity index is 445. The zero-order valence-corrected chi connectivity index (χ0v) is 11.9. The summed E-state index contributed by atoms with van der Waals surface area (Å²) in [6, 6.07) is 1.72. The summed E-state index contributed by atoms with van der Waals surface area (Å²) in [5.41, 5.74) is -0.315. The second-order valence-electron chi connectivity index (χ2n) is 4.32. The summed E-state index contributed by atoms with van der Waals surface area (Å²) in [5, 5.41) is 12.3. The number of nitrogens with one attached hydrogen (secondary N) is 1. The molecule has 1 aromatic heterocycles. The maximum Gasteiger partial charge on any atom is 0.329 e. The number of ether oxygens (including phenoxy) is 1. The minimum absolute atomic E-state index is 0.287. The van der Waals surface area contributed by atoms with E-state index in [-0.39, 0.29) is 5.95 Å². The molecule has 1 aromatic rings. The van der Waals surface area contributed by atoms with E-state index in [0.29, 0.717) is 25.3 Å². The lowest BCUT2D eigenvalue weighted by Gasteiger charge is -2.28. The quantitative estimate of drug-likeness (QED) is 0.788. The molecule has 0 unspecified atom stereocenters. The predicted molar refractivity (Wildman–Crippen MR) is 72.5 cm³/mol. The molecule has 0 saturated heterocycles. The molecule has 6 nitrogen and oxygen atoms in total. The summed E-state index contributed by atoms with van der Waals surface area (Å²) < 4.78 is 5.33. The van der Waals surface area contributed by atoms with E-state index in [4.69, 9.17) is 4.74 Å². The molecule has 0 atom stereocenters. The van der Waals surface area contributed by atoms with Crippen LogP contribution in [0.15, 0.2) is 6.07 Å². The van der Waals surface area contributed by atoms with Gasteiger partial charge in [0.25, 0.3) is 0 Å². The Labute approximate surface area is 113 Å². The maximum atomic E-state index is 11.4. The van der Waals surface area contributed by atoms with E-state index in [1.165, 1.54) is 0 Å². The second kappa shape index (κ2) is 6.36. The molecule has 0 fully saturated rings. The smallest absolute Gasteiger partial charge is 0.329 e. The largest absolute Gasteiger partial charge is 0.480 e. The average Bonchev–Trinajstić information content (AvgIpc) is 2.35. The van der Waals surface area contributed by atoms with Crippen molar-refractivity contribution in [3.8, 4) is 5.88 Å². The van der Waals surface area contributed by atoms with Crippen LogP contribution in [0.3, 0.4) is 0 Å². The molecule has 1 heterocycles. The molecular formula is C13H21N3O3. The lowest BCUT2D eigenvalue weighted by atomic mass is 9.93. The van der Waals surface area contributed by atoms with Gasteiger partial charge in [0.15, 0.2) is 0 Å². The van der Waals surface area contributed by atoms with Crippen LogP contribution in [0.5, 0.6) is 5.88 Å². The second-order valence-corrected chi connectivity index (χ2v) is 4.32. The van der Waals surface area contributed by atoms with Crippen molar-refractivity contribution in [2.75, 3.05) is 11.9 Å². The van der Waals surface area contributed by atoms with Crippen molar-refractivity contribution < 1.29 is 14.6 Å². The molecule has 19 heavy (non-hydrogen) atoms. The zero-order valence-electron chi connectivity index (χ0n) is 11.9. The number of carboxylic acid groups (broad SMARTS) is 1. The van der Waals surface area contributed by atoms with Gasteiger partial charge in [-0.1, -0.05) is 13.8 Å². The van der Waals surface area contributed by atoms with E-state index in [1.807, 2.05) is 27.7 Å². The molecule has 106 valence electrons. The van der Waals surface area contributed by atoms with Crippen molar-refractivity contribution in [2.24, 2.45) is 0 Å². The van der Waals surface area contributed by atoms with Gasteiger partial charge >= 0.3 is 5.97 Å². The molecule has 2 N–H and O–H groups in total. The Balaban J connectivity index is 3.06. The highest BCUT2D eigenvalue weighted by atomic mass is 16.5. The highest BCUT2D eigenvalue weighted by Gasteiger charge is 2.35. The van der Waals surface area contributed by atoms with Gasteiger partial charge in [0, 0.05) is 11.8 Å². The highest BCUT2D eigenvalue weighted by molar-refractivity contribution is 5.82. The Morgan fingerprint density at radius 1 is 1.37 bits per heavy atom. The van der Waals surface area contributed by atoms with Crippen molar-refractivity contribution in [3.05, 3.63) is 11.8 Å². The SMILES string of the molecule is CCOc1cc(C)nc(NC(CC)(CC)C(=O)O)n1. The standard InChI is InChI=1S/C13H21N3O3/c1-5-13(6-2,11(17)18)16-12-14-9(4)8-10(15-12)19-7-3/h8H,5-7H2,1-4H3,(H,17,18)(H,14,15,16). The number of carboxylic acids is 1. The maximum absolute atomic E-state index is 11.4. The fraction of sp³-hybridized carbons (Fsp3) is 0.615. The van der Waals surface area contributed by atoms with E-state index < -0.39 is 11.5 Å². The average molecular weight is 267 g/mol. The number of aromatic nitrogens is 2. The van der Waals surface area contributed by atoms with E-state index >= 15 is 0 Å². The van der Waals surface area contributed by atoms with Gasteiger partial charge in [-0.05, 0) is 26.7 Å². The van der Waals surface area contributed by atoms with Crippen LogP contribution < -0.4 is 10.1 Å². The summed E-state index contributed by atoms with van der Waals surface area (Å²) in [6.45, 7) is 7.83. The topological polar surface area (TPSA) is 84.3 Å². The minimum atomic E-state index is -1.04. The van der Waals surface area contributed by atoms with Crippen LogP contribution in [-0.4, -0.2) is 33.2 Å². The molecule has 0 aliphatic heterocycles. The van der Waals surface area contributed by atoms with Gasteiger partial charge in [0.2, 0.25) is 11.8 Å². The summed E-state index contributed by atoms with van der Waals surface area (Å²) in [4.78, 5) is 19.8. The van der Waals surface area contributed by atoms with Gasteiger partial charge in [-0.3, -0.25) is 0 Å². The monoisotopic (exact) mass is 267 g/mol. The lowest BCUT2D eigenvalue weighted by Crippen LogP contribution is -2.45. The third kappa shape index (κ3) is 3.56. The minimum Gasteiger partial charge on any atom is -0.480 e. The first-order valence-corrected chi connectivity index (χ1v) is 6.47. The fourth-order valence-corrected chi connectivity index (χ4v) is 1.81. The first-order valence-electron chi connectivity index (χ1n) is 6.47. The molecular weight excluding hydrogens is 246 g/mol. The Kier molecular flexibility index (Phi) is 5.09. The lowest BCUT2D eigenvalue weighted by molar-refractivity contribution is -0.142. The molecule has 0 saturated carbocycles. The van der Waals surface area contributed by atoms with E-state index in [2.05, 4.69) is 15.3 Å². The molecule has 0 aliphatic carbocycles. The Hall–Kier alpha value is -1.85. The van der Waals surface area contributed by atoms with Crippen LogP contribution in [0.4, 0.5) is 5.95 Å². The molecule has 6 heteroatoms. The van der Waals surface area contributed by atoms with E-state index in [1.54, 1.807) is 6.07 Å². The number of hydrogen-bond donors (Lipinski definition) is 2. The third-order valence-corrected chi connectivity index (χ3v) is 3.09. The van der Waals surface area contributed by atoms with Gasteiger partial charge in [0.05, 0.1) is 6.61 Å². The Morgan fingerprint density at radius 2 is 2.00 bits per heavy atom. The third-order valence-electron chi connectivity index (χ3n) is 3.09. The van der Waals surface area contributed by atoms with Crippen LogP contribution in [0.25, 0.3) is 0 Å². The number of aryl methyl sites for hydroxylation is 1. The summed E-state index contributed by atoms with van der Waals surface area (Å²) >= 11 is 0. The van der Waals surface area contributed by atoms with Gasteiger partial charge in [-0.15, -0.1) is 0 Å². The summed E-state index contributed by atoms with van der Waals surface area (Å²) in [5.74, 6) is -0.167. The van der Waals surface area contributed by atoms with Gasteiger partial charge in [0.1, 0.15) is 5.54 Å². The van der Waals surface area contributed by atoms with E-state index in [9.17, 15) is 9.90 Å². The molecule has 0 spiro atoms. The zero-order chi connectivity index (χ0) is 14.5. The molecule has 0 aliphatic rings. The van der Waals surface area contributed by atoms with Crippen molar-refractivity contribution in [1.29, 1.82) is 0 Å². The molecule has 0 radical (unpaired) electrons. The fourth-order valence-electron chi connectivity index (χ4n) is 1.81. The number of hydrogen-bond acceptors (Lipinski definition) is 5. The number of nitrogens with zero attached hydrogens (tertiary/aromatic N) is 2. The number of aliphatic carboxylic acids is 1. The highest BCUT2D eigenvalue weighted by Crippen LogP contribution is 2.22. The molecule has 0 aromatic carbocycles. The van der Waals surface area contributed by atoms with Crippen molar-refractivity contribution in [1.82, 2.24) is 9.97 Å². The Morgan fingerprint density at radius 3 is 2.47 bits per heavy atom. The molecule has 0 bridgehead atoms. The van der Waals surface area contributed by atoms with Crippen LogP contribution in [0.2, 0.25) is 0 Å². The first kappa shape index (κ1) is 15.2. The van der Waals surface area contributed by atoms with E-state index in [0.717, 1.165) is 5.69 Å². The van der Waals surface area contributed by atoms with Crippen LogP contribution in [0, 0.1) is 6.92 Å². The normalized spacial score (nSPS) is 11.2. The van der Waals surface area contributed by atoms with Crippen LogP contribution in [0.1, 0.15) is 39.3 Å². The molecule has 0 amide bonds. The summed E-state index contributed by atoms with van der Waals surface area (Å²) in [7, 11) is 0. The number of carbonyl (C=O) groups is 1. The van der Waals surface area contributed by atoms with Gasteiger partial charge < -0.3 is 15.2 Å². The number of anilines is 1. The van der Waals surface area contributed by atoms with Crippen molar-refractivity contribution in [2.45, 2.75) is 46.1 Å². The van der Waals surface area contributed by atoms with Crippen molar-refractivity contribution in [3.63, 3.8) is 0 Å². The first-order chi connectivity index (χ1) is 8.97. The van der Waals surface area contributed by atoms with Crippen molar-refractivity contribution >= 4 is 11.9 Å². The van der Waals surface area contributed by atoms with Crippen LogP contribution >= 0.6 is 0 Å². The van der Waals surface area contributed by atoms with Crippen LogP contribution in [-0.2, 0) is 4.79 Å². The van der Waals surface area contributed by atoms with Gasteiger partial charge in [-0.25, -0.2) is 9.78 Å². The number of rotatable bonds is 7.